The summed E-state index contributed by atoms with van der Waals surface area (Å²) < 4.78 is 0. The van der Waals surface area contributed by atoms with E-state index in [1.165, 1.54) is 5.56 Å². The highest BCUT2D eigenvalue weighted by atomic mass is 15.5. The van der Waals surface area contributed by atoms with Crippen LogP contribution >= 0.6 is 0 Å². The van der Waals surface area contributed by atoms with Gasteiger partial charge in [0.25, 0.3) is 0 Å². The molecule has 0 unspecified atom stereocenters. The number of fused-ring (bicyclic) bond motifs is 2. The Kier molecular flexibility index (Phi) is 3.69. The second-order valence-corrected chi connectivity index (χ2v) is 6.04. The molecule has 2 aliphatic heterocycles. The lowest BCUT2D eigenvalue weighted by atomic mass is 10.1. The van der Waals surface area contributed by atoms with Gasteiger partial charge in [-0.3, -0.25) is 20.0 Å². The normalized spacial score (nSPS) is 15.7. The molecule has 24 heavy (non-hydrogen) atoms. The molecule has 0 fully saturated rings. The van der Waals surface area contributed by atoms with Gasteiger partial charge in [-0.05, 0) is 18.1 Å². The van der Waals surface area contributed by atoms with E-state index >= 15 is 0 Å². The summed E-state index contributed by atoms with van der Waals surface area (Å²) in [6.45, 7) is 6.96. The summed E-state index contributed by atoms with van der Waals surface area (Å²) in [5, 5.41) is 6.71. The van der Waals surface area contributed by atoms with Gasteiger partial charge in [-0.2, -0.15) is 5.10 Å². The van der Waals surface area contributed by atoms with Crippen LogP contribution in [0.2, 0.25) is 0 Å². The van der Waals surface area contributed by atoms with Crippen LogP contribution in [0.3, 0.4) is 0 Å². The minimum absolute atomic E-state index is 0.636. The third kappa shape index (κ3) is 2.52. The average Bonchev–Trinajstić information content (AvgIpc) is 3.01. The lowest BCUT2D eigenvalue weighted by Gasteiger charge is -2.27. The molecule has 0 aliphatic carbocycles. The molecule has 120 valence electrons. The smallest absolute Gasteiger partial charge is 0.115 e. The standard InChI is InChI=1S/C19H19N5/c1-3-6-17-19-18(20-9-10-21-19)13(2)24(23-17)12-15-11-14-7-4-5-8-16(14)22-15/h4-5,7-10H,2-3,6,11-12H2,1H3. The number of aliphatic imine (C=N–C) groups is 1. The van der Waals surface area contributed by atoms with Gasteiger partial charge in [0.05, 0.1) is 23.6 Å². The molecule has 2 aromatic rings. The van der Waals surface area contributed by atoms with Crippen molar-refractivity contribution >= 4 is 22.8 Å². The van der Waals surface area contributed by atoms with Crippen LogP contribution in [0.15, 0.2) is 53.3 Å². The lowest BCUT2D eigenvalue weighted by molar-refractivity contribution is 0.471. The first-order chi connectivity index (χ1) is 11.8. The molecule has 1 aromatic heterocycles. The SMILES string of the molecule is C=C1c2nccnc2C(CCC)=NN1CC1=Nc2ccccc2C1. The molecule has 2 aliphatic rings. The zero-order valence-corrected chi connectivity index (χ0v) is 13.7. The van der Waals surface area contributed by atoms with Gasteiger partial charge in [-0.25, -0.2) is 0 Å². The molecule has 0 bridgehead atoms. The van der Waals surface area contributed by atoms with E-state index in [-0.39, 0.29) is 0 Å². The van der Waals surface area contributed by atoms with E-state index in [0.29, 0.717) is 6.54 Å². The predicted molar refractivity (Wildman–Crippen MR) is 96.5 cm³/mol. The van der Waals surface area contributed by atoms with E-state index in [0.717, 1.165) is 53.5 Å². The summed E-state index contributed by atoms with van der Waals surface area (Å²) in [6.07, 6.45) is 6.18. The van der Waals surface area contributed by atoms with Crippen LogP contribution in [0, 0.1) is 0 Å². The van der Waals surface area contributed by atoms with Crippen molar-refractivity contribution in [3.05, 3.63) is 60.2 Å². The molecule has 0 radical (unpaired) electrons. The monoisotopic (exact) mass is 317 g/mol. The van der Waals surface area contributed by atoms with Crippen LogP contribution in [0.5, 0.6) is 0 Å². The van der Waals surface area contributed by atoms with Crippen LogP contribution in [-0.2, 0) is 6.42 Å². The molecule has 0 spiro atoms. The highest BCUT2D eigenvalue weighted by Gasteiger charge is 2.26. The Balaban J connectivity index is 1.63. The van der Waals surface area contributed by atoms with Gasteiger partial charge in [0, 0.05) is 24.5 Å². The maximum Gasteiger partial charge on any atom is 0.115 e. The third-order valence-corrected chi connectivity index (χ3v) is 4.28. The maximum absolute atomic E-state index is 4.79. The molecule has 5 heteroatoms. The molecule has 3 heterocycles. The fourth-order valence-corrected chi connectivity index (χ4v) is 3.14. The molecule has 0 saturated carbocycles. The van der Waals surface area contributed by atoms with Crippen molar-refractivity contribution in [1.29, 1.82) is 0 Å². The van der Waals surface area contributed by atoms with Gasteiger partial charge in [0.2, 0.25) is 0 Å². The van der Waals surface area contributed by atoms with E-state index in [2.05, 4.69) is 41.7 Å². The maximum atomic E-state index is 4.79. The van der Waals surface area contributed by atoms with Crippen LogP contribution < -0.4 is 0 Å². The predicted octanol–water partition coefficient (Wildman–Crippen LogP) is 3.60. The zero-order chi connectivity index (χ0) is 16.5. The van der Waals surface area contributed by atoms with E-state index in [1.807, 2.05) is 11.1 Å². The van der Waals surface area contributed by atoms with Crippen molar-refractivity contribution in [1.82, 2.24) is 15.0 Å². The second kappa shape index (κ2) is 6.00. The first-order valence-corrected chi connectivity index (χ1v) is 8.26. The molecule has 0 N–H and O–H groups in total. The van der Waals surface area contributed by atoms with Crippen LogP contribution in [0.25, 0.3) is 5.70 Å². The highest BCUT2D eigenvalue weighted by molar-refractivity contribution is 6.04. The van der Waals surface area contributed by atoms with Crippen molar-refractivity contribution in [2.75, 3.05) is 6.54 Å². The average molecular weight is 317 g/mol. The zero-order valence-electron chi connectivity index (χ0n) is 13.7. The molecule has 5 nitrogen and oxygen atoms in total. The van der Waals surface area contributed by atoms with Gasteiger partial charge in [0.15, 0.2) is 0 Å². The van der Waals surface area contributed by atoms with Gasteiger partial charge in [0.1, 0.15) is 11.4 Å². The molecule has 0 amide bonds. The number of benzene rings is 1. The molecule has 1 aromatic carbocycles. The summed E-state index contributed by atoms with van der Waals surface area (Å²) in [5.41, 5.74) is 6.88. The molecule has 0 atom stereocenters. The Bertz CT molecular complexity index is 866. The first-order valence-electron chi connectivity index (χ1n) is 8.26. The molecule has 0 saturated heterocycles. The first kappa shape index (κ1) is 14.8. The Labute approximate surface area is 141 Å². The summed E-state index contributed by atoms with van der Waals surface area (Å²) in [7, 11) is 0. The molecular weight excluding hydrogens is 298 g/mol. The van der Waals surface area contributed by atoms with Crippen LogP contribution in [0.1, 0.15) is 36.7 Å². The number of hydrogen-bond donors (Lipinski definition) is 0. The highest BCUT2D eigenvalue weighted by Crippen LogP contribution is 2.29. The van der Waals surface area contributed by atoms with Gasteiger partial charge in [-0.15, -0.1) is 0 Å². The minimum atomic E-state index is 0.636. The summed E-state index contributed by atoms with van der Waals surface area (Å²) in [6, 6.07) is 8.26. The lowest BCUT2D eigenvalue weighted by Crippen LogP contribution is -2.30. The summed E-state index contributed by atoms with van der Waals surface area (Å²) >= 11 is 0. The summed E-state index contributed by atoms with van der Waals surface area (Å²) in [4.78, 5) is 13.7. The largest absolute Gasteiger partial charge is 0.258 e. The van der Waals surface area contributed by atoms with Crippen LogP contribution in [-0.4, -0.2) is 32.9 Å². The van der Waals surface area contributed by atoms with Crippen molar-refractivity contribution in [2.45, 2.75) is 26.2 Å². The van der Waals surface area contributed by atoms with Crippen molar-refractivity contribution < 1.29 is 0 Å². The third-order valence-electron chi connectivity index (χ3n) is 4.28. The Morgan fingerprint density at radius 2 is 1.92 bits per heavy atom. The minimum Gasteiger partial charge on any atom is -0.258 e. The van der Waals surface area contributed by atoms with Crippen molar-refractivity contribution in [3.63, 3.8) is 0 Å². The van der Waals surface area contributed by atoms with Gasteiger partial charge >= 0.3 is 0 Å². The topological polar surface area (TPSA) is 53.7 Å². The Morgan fingerprint density at radius 1 is 1.12 bits per heavy atom. The fraction of sp³-hybridized carbons (Fsp3) is 0.263. The Morgan fingerprint density at radius 3 is 2.71 bits per heavy atom. The Hall–Kier alpha value is -2.82. The number of nitrogens with zero attached hydrogens (tertiary/aromatic N) is 5. The molecule has 4 rings (SSSR count). The fourth-order valence-electron chi connectivity index (χ4n) is 3.14. The van der Waals surface area contributed by atoms with Gasteiger partial charge in [-0.1, -0.05) is 38.1 Å². The van der Waals surface area contributed by atoms with E-state index < -0.39 is 0 Å². The number of hydrogen-bond acceptors (Lipinski definition) is 5. The van der Waals surface area contributed by atoms with Crippen LogP contribution in [0.4, 0.5) is 5.69 Å². The summed E-state index contributed by atoms with van der Waals surface area (Å²) in [5.74, 6) is 0. The number of rotatable bonds is 4. The number of para-hydroxylation sites is 1. The van der Waals surface area contributed by atoms with Crippen molar-refractivity contribution in [3.8, 4) is 0 Å². The number of hydrazone groups is 1. The van der Waals surface area contributed by atoms with Gasteiger partial charge < -0.3 is 0 Å². The number of aromatic nitrogens is 2. The molecular formula is C19H19N5. The van der Waals surface area contributed by atoms with E-state index in [1.54, 1.807) is 12.4 Å². The van der Waals surface area contributed by atoms with Crippen molar-refractivity contribution in [2.24, 2.45) is 10.1 Å². The second-order valence-electron chi connectivity index (χ2n) is 6.04. The quantitative estimate of drug-likeness (QED) is 0.866. The van der Waals surface area contributed by atoms with E-state index in [4.69, 9.17) is 10.1 Å². The van der Waals surface area contributed by atoms with E-state index in [9.17, 15) is 0 Å².